The van der Waals surface area contributed by atoms with Crippen LogP contribution in [-0.2, 0) is 9.16 Å². The van der Waals surface area contributed by atoms with E-state index in [1.165, 1.54) is 4.50 Å². The number of thiophene rings is 1. The molecule has 1 fully saturated rings. The van der Waals surface area contributed by atoms with Crippen molar-refractivity contribution in [1.29, 1.82) is 0 Å². The number of aliphatic hydroxyl groups excluding tert-OH is 2. The van der Waals surface area contributed by atoms with Gasteiger partial charge in [0.05, 0.1) is 6.61 Å². The second kappa shape index (κ2) is 7.94. The Morgan fingerprint density at radius 3 is 2.85 bits per heavy atom. The Morgan fingerprint density at radius 2 is 2.23 bits per heavy atom. The fourth-order valence-corrected chi connectivity index (χ4v) is 7.05. The molecule has 0 saturated carbocycles. The molecule has 142 valence electrons. The van der Waals surface area contributed by atoms with Crippen LogP contribution >= 0.6 is 11.3 Å². The molecule has 9 nitrogen and oxygen atoms in total. The van der Waals surface area contributed by atoms with Crippen molar-refractivity contribution in [3.63, 3.8) is 0 Å². The number of hydrogen-bond donors (Lipinski definition) is 3. The van der Waals surface area contributed by atoms with Gasteiger partial charge in [0.15, 0.2) is 6.23 Å². The van der Waals surface area contributed by atoms with E-state index in [1.807, 2.05) is 11.4 Å². The van der Waals surface area contributed by atoms with Crippen LogP contribution in [0.5, 0.6) is 0 Å². The first kappa shape index (κ1) is 19.1. The van der Waals surface area contributed by atoms with Gasteiger partial charge in [-0.15, -0.1) is 0 Å². The van der Waals surface area contributed by atoms with E-state index in [2.05, 4.69) is 29.9 Å². The van der Waals surface area contributed by atoms with Gasteiger partial charge in [0.2, 0.25) is 15.0 Å². The van der Waals surface area contributed by atoms with E-state index >= 15 is 0 Å². The Bertz CT molecular complexity index is 787. The molecule has 5 atom stereocenters. The fraction of sp³-hybridized carbons (Fsp3) is 0.533. The molecule has 1 saturated heterocycles. The maximum absolute atomic E-state index is 11.9. The van der Waals surface area contributed by atoms with E-state index < -0.39 is 39.3 Å². The van der Waals surface area contributed by atoms with E-state index in [1.54, 1.807) is 11.3 Å². The monoisotopic (exact) mass is 398 g/mol. The summed E-state index contributed by atoms with van der Waals surface area (Å²) in [5.74, 6) is -0.166. The highest BCUT2D eigenvalue weighted by Gasteiger charge is 2.44. The molecule has 0 aromatic carbocycles. The molecule has 0 aliphatic carbocycles. The number of anilines is 1. The summed E-state index contributed by atoms with van der Waals surface area (Å²) in [4.78, 5) is 19.2. The molecule has 0 amide bonds. The molecule has 0 radical (unpaired) electrons. The number of nitrogens with zero attached hydrogens (tertiary/aromatic N) is 3. The molecule has 1 aliphatic rings. The molecule has 1 aliphatic heterocycles. The van der Waals surface area contributed by atoms with E-state index in [9.17, 15) is 15.0 Å². The van der Waals surface area contributed by atoms with Crippen molar-refractivity contribution in [2.45, 2.75) is 43.9 Å². The standard InChI is InChI=1S/C15H22N4O5SSi/c1-8(2)26(10-4-3-5-25-10)23-6-9-11(20)12(21)13(24-9)19-7-17-14(16)18-15(19)22/h3-5,7-9,11-13,20-21,26H,6H2,1-2H3,(H2,16,18,22)/t9-,11-,12-,13-,26?/m1/s1. The fourth-order valence-electron chi connectivity index (χ4n) is 2.88. The van der Waals surface area contributed by atoms with E-state index in [0.717, 1.165) is 10.9 Å². The molecule has 2 aromatic heterocycles. The minimum absolute atomic E-state index is 0.131. The molecule has 2 aromatic rings. The summed E-state index contributed by atoms with van der Waals surface area (Å²) >= 11 is 1.65. The largest absolute Gasteiger partial charge is 0.412 e. The zero-order chi connectivity index (χ0) is 18.8. The topological polar surface area (TPSA) is 133 Å². The van der Waals surface area contributed by atoms with E-state index in [0.29, 0.717) is 5.54 Å². The third kappa shape index (κ3) is 3.87. The summed E-state index contributed by atoms with van der Waals surface area (Å²) in [7, 11) is -1.70. The Morgan fingerprint density at radius 1 is 1.46 bits per heavy atom. The first-order chi connectivity index (χ1) is 12.4. The molecular formula is C15H22N4O5SSi. The third-order valence-corrected chi connectivity index (χ3v) is 8.55. The lowest BCUT2D eigenvalue weighted by Crippen LogP contribution is -2.40. The molecule has 4 N–H and O–H groups in total. The van der Waals surface area contributed by atoms with Gasteiger partial charge >= 0.3 is 5.69 Å². The van der Waals surface area contributed by atoms with Gasteiger partial charge in [0, 0.05) is 4.50 Å². The van der Waals surface area contributed by atoms with Gasteiger partial charge in [-0.05, 0) is 10.9 Å². The number of hydrogen-bond acceptors (Lipinski definition) is 9. The maximum Gasteiger partial charge on any atom is 0.354 e. The maximum atomic E-state index is 11.9. The van der Waals surface area contributed by atoms with Crippen LogP contribution in [0.2, 0.25) is 5.54 Å². The molecular weight excluding hydrogens is 376 g/mol. The van der Waals surface area contributed by atoms with Crippen molar-refractivity contribution >= 4 is 30.8 Å². The average molecular weight is 399 g/mol. The lowest BCUT2D eigenvalue weighted by Gasteiger charge is -2.22. The highest BCUT2D eigenvalue weighted by atomic mass is 32.1. The molecule has 0 bridgehead atoms. The minimum atomic E-state index is -1.70. The number of nitrogens with two attached hydrogens (primary N) is 1. The number of aliphatic hydroxyl groups is 2. The first-order valence-corrected chi connectivity index (χ1v) is 10.8. The molecule has 11 heteroatoms. The summed E-state index contributed by atoms with van der Waals surface area (Å²) in [5, 5.41) is 22.6. The van der Waals surface area contributed by atoms with Crippen LogP contribution in [0.4, 0.5) is 5.95 Å². The Labute approximate surface area is 155 Å². The number of nitrogen functional groups attached to an aromatic ring is 1. The van der Waals surface area contributed by atoms with Crippen molar-refractivity contribution in [3.8, 4) is 0 Å². The molecule has 3 heterocycles. The summed E-state index contributed by atoms with van der Waals surface area (Å²) in [5.41, 5.74) is 5.03. The van der Waals surface area contributed by atoms with E-state index in [4.69, 9.17) is 14.9 Å². The predicted octanol–water partition coefficient (Wildman–Crippen LogP) is -1.04. The van der Waals surface area contributed by atoms with Crippen LogP contribution in [0.1, 0.15) is 20.1 Å². The van der Waals surface area contributed by atoms with Crippen molar-refractivity contribution in [2.24, 2.45) is 0 Å². The van der Waals surface area contributed by atoms with Crippen molar-refractivity contribution in [1.82, 2.24) is 14.5 Å². The highest BCUT2D eigenvalue weighted by molar-refractivity contribution is 7.21. The van der Waals surface area contributed by atoms with Crippen molar-refractivity contribution in [2.75, 3.05) is 12.3 Å². The Hall–Kier alpha value is -1.63. The third-order valence-electron chi connectivity index (χ3n) is 4.23. The normalized spacial score (nSPS) is 27.1. The average Bonchev–Trinajstić information content (AvgIpc) is 3.19. The van der Waals surface area contributed by atoms with Gasteiger partial charge in [-0.3, -0.25) is 4.57 Å². The predicted molar refractivity (Wildman–Crippen MR) is 98.8 cm³/mol. The van der Waals surface area contributed by atoms with Gasteiger partial charge in [0.25, 0.3) is 0 Å². The molecule has 1 unspecified atom stereocenters. The Balaban J connectivity index is 1.70. The van der Waals surface area contributed by atoms with E-state index in [-0.39, 0.29) is 12.6 Å². The summed E-state index contributed by atoms with van der Waals surface area (Å²) in [6.45, 7) is 4.34. The minimum Gasteiger partial charge on any atom is -0.412 e. The number of ether oxygens (including phenoxy) is 1. The lowest BCUT2D eigenvalue weighted by molar-refractivity contribution is -0.0524. The van der Waals surface area contributed by atoms with Gasteiger partial charge < -0.3 is 25.1 Å². The van der Waals surface area contributed by atoms with Gasteiger partial charge in [-0.2, -0.15) is 16.3 Å². The van der Waals surface area contributed by atoms with Gasteiger partial charge in [-0.1, -0.05) is 26.0 Å². The smallest absolute Gasteiger partial charge is 0.354 e. The summed E-state index contributed by atoms with van der Waals surface area (Å²) in [6.07, 6.45) is -3.18. The zero-order valence-corrected chi connectivity index (χ0v) is 16.4. The van der Waals surface area contributed by atoms with Gasteiger partial charge in [-0.25, -0.2) is 9.78 Å². The lowest BCUT2D eigenvalue weighted by atomic mass is 10.1. The van der Waals surface area contributed by atoms with Crippen LogP contribution in [0.3, 0.4) is 0 Å². The number of rotatable bonds is 6. The van der Waals surface area contributed by atoms with Crippen LogP contribution in [0.15, 0.2) is 28.6 Å². The molecule has 3 rings (SSSR count). The highest BCUT2D eigenvalue weighted by Crippen LogP contribution is 2.29. The Kier molecular flexibility index (Phi) is 5.85. The van der Waals surface area contributed by atoms with Crippen LogP contribution in [0, 0.1) is 0 Å². The molecule has 26 heavy (non-hydrogen) atoms. The van der Waals surface area contributed by atoms with Crippen LogP contribution in [0.25, 0.3) is 0 Å². The number of aromatic nitrogens is 3. The first-order valence-electron chi connectivity index (χ1n) is 8.25. The second-order valence-electron chi connectivity index (χ2n) is 6.46. The zero-order valence-electron chi connectivity index (χ0n) is 14.4. The van der Waals surface area contributed by atoms with Crippen LogP contribution < -0.4 is 15.9 Å². The summed E-state index contributed by atoms with van der Waals surface area (Å²) in [6, 6.07) is 4.04. The van der Waals surface area contributed by atoms with Crippen LogP contribution in [-0.4, -0.2) is 58.7 Å². The molecule has 0 spiro atoms. The quantitative estimate of drug-likeness (QED) is 0.526. The summed E-state index contributed by atoms with van der Waals surface area (Å²) < 4.78 is 14.0. The van der Waals surface area contributed by atoms with Gasteiger partial charge in [0.1, 0.15) is 24.6 Å². The van der Waals surface area contributed by atoms with Crippen molar-refractivity contribution < 1.29 is 19.4 Å². The second-order valence-corrected chi connectivity index (χ2v) is 11.0. The SMILES string of the molecule is CC(C)[SiH](OC[C@H]1O[C@@H](n2cnc(N)nc2=O)[C@H](O)[C@@H]1O)c1cccs1. The van der Waals surface area contributed by atoms with Crippen molar-refractivity contribution in [3.05, 3.63) is 34.3 Å².